The molecule has 1 fully saturated rings. The summed E-state index contributed by atoms with van der Waals surface area (Å²) in [6, 6.07) is 0.564. The van der Waals surface area contributed by atoms with Crippen LogP contribution in [0.2, 0.25) is 0 Å². The topological polar surface area (TPSA) is 58.4 Å². The van der Waals surface area contributed by atoms with Gasteiger partial charge in [-0.05, 0) is 25.7 Å². The van der Waals surface area contributed by atoms with E-state index >= 15 is 0 Å². The van der Waals surface area contributed by atoms with Gasteiger partial charge in [0.15, 0.2) is 0 Å². The molecule has 0 radical (unpaired) electrons. The van der Waals surface area contributed by atoms with Crippen LogP contribution in [0.25, 0.3) is 0 Å². The molecule has 0 saturated carbocycles. The van der Waals surface area contributed by atoms with Crippen molar-refractivity contribution in [3.63, 3.8) is 0 Å². The van der Waals surface area contributed by atoms with Crippen LogP contribution in [0.15, 0.2) is 0 Å². The predicted octanol–water partition coefficient (Wildman–Crippen LogP) is 1.16. The monoisotopic (exact) mass is 213 g/mol. The summed E-state index contributed by atoms with van der Waals surface area (Å²) in [6.45, 7) is 7.94. The summed E-state index contributed by atoms with van der Waals surface area (Å²) in [6.07, 6.45) is 1.93. The van der Waals surface area contributed by atoms with Crippen molar-refractivity contribution in [1.29, 1.82) is 0 Å². The molecule has 0 spiro atoms. The zero-order valence-electron chi connectivity index (χ0n) is 9.99. The molecule has 0 aromatic heterocycles. The molecule has 0 aromatic rings. The molecule has 1 rings (SSSR count). The van der Waals surface area contributed by atoms with Gasteiger partial charge in [-0.2, -0.15) is 0 Å². The summed E-state index contributed by atoms with van der Waals surface area (Å²) in [5.74, 6) is 0.628. The van der Waals surface area contributed by atoms with Crippen molar-refractivity contribution in [1.82, 2.24) is 10.2 Å². The number of nitrogens with two attached hydrogens (primary N) is 1. The number of nitrogens with one attached hydrogen (secondary N) is 1. The number of amides is 2. The number of carbonyl (C=O) groups excluding carboxylic acids is 1. The van der Waals surface area contributed by atoms with Crippen LogP contribution in [0.5, 0.6) is 0 Å². The summed E-state index contributed by atoms with van der Waals surface area (Å²) >= 11 is 0. The van der Waals surface area contributed by atoms with Crippen LogP contribution in [-0.4, -0.2) is 36.1 Å². The van der Waals surface area contributed by atoms with Crippen LogP contribution >= 0.6 is 0 Å². The van der Waals surface area contributed by atoms with E-state index in [0.29, 0.717) is 12.0 Å². The molecule has 4 heteroatoms. The van der Waals surface area contributed by atoms with Gasteiger partial charge in [0.1, 0.15) is 0 Å². The second kappa shape index (κ2) is 5.35. The van der Waals surface area contributed by atoms with Crippen molar-refractivity contribution in [2.75, 3.05) is 13.1 Å². The SMILES string of the molecule is CC(C)CC1CN(CCC(C)N)C(=O)N1. The summed E-state index contributed by atoms with van der Waals surface area (Å²) in [5, 5.41) is 3.01. The Morgan fingerprint density at radius 3 is 2.73 bits per heavy atom. The van der Waals surface area contributed by atoms with Crippen LogP contribution in [0, 0.1) is 5.92 Å². The molecule has 15 heavy (non-hydrogen) atoms. The summed E-state index contributed by atoms with van der Waals surface area (Å²) < 4.78 is 0. The molecule has 1 saturated heterocycles. The van der Waals surface area contributed by atoms with E-state index in [0.717, 1.165) is 25.9 Å². The Labute approximate surface area is 92.2 Å². The summed E-state index contributed by atoms with van der Waals surface area (Å²) in [7, 11) is 0. The van der Waals surface area contributed by atoms with E-state index in [-0.39, 0.29) is 12.1 Å². The van der Waals surface area contributed by atoms with Crippen LogP contribution in [0.4, 0.5) is 4.79 Å². The number of rotatable bonds is 5. The second-order valence-electron chi connectivity index (χ2n) is 4.99. The van der Waals surface area contributed by atoms with Gasteiger partial charge in [0.25, 0.3) is 0 Å². The average molecular weight is 213 g/mol. The molecular formula is C11H23N3O. The zero-order chi connectivity index (χ0) is 11.4. The Morgan fingerprint density at radius 1 is 1.53 bits per heavy atom. The standard InChI is InChI=1S/C11H23N3O/c1-8(2)6-10-7-14(11(15)13-10)5-4-9(3)12/h8-10H,4-7,12H2,1-3H3,(H,13,15). The van der Waals surface area contributed by atoms with E-state index in [4.69, 9.17) is 5.73 Å². The van der Waals surface area contributed by atoms with E-state index in [1.54, 1.807) is 0 Å². The Kier molecular flexibility index (Phi) is 4.39. The van der Waals surface area contributed by atoms with Crippen molar-refractivity contribution < 1.29 is 4.79 Å². The van der Waals surface area contributed by atoms with Crippen molar-refractivity contribution >= 4 is 6.03 Å². The van der Waals surface area contributed by atoms with Gasteiger partial charge >= 0.3 is 6.03 Å². The number of hydrogen-bond donors (Lipinski definition) is 2. The number of nitrogens with zero attached hydrogens (tertiary/aromatic N) is 1. The lowest BCUT2D eigenvalue weighted by molar-refractivity contribution is 0.216. The lowest BCUT2D eigenvalue weighted by Crippen LogP contribution is -2.32. The van der Waals surface area contributed by atoms with Crippen LogP contribution in [0.3, 0.4) is 0 Å². The lowest BCUT2D eigenvalue weighted by atomic mass is 10.0. The number of hydrogen-bond acceptors (Lipinski definition) is 2. The molecule has 1 aliphatic rings. The normalized spacial score (nSPS) is 23.4. The minimum absolute atomic E-state index is 0.0706. The molecule has 1 heterocycles. The number of urea groups is 1. The highest BCUT2D eigenvalue weighted by Gasteiger charge is 2.28. The Bertz CT molecular complexity index is 216. The van der Waals surface area contributed by atoms with E-state index in [9.17, 15) is 4.79 Å². The highest BCUT2D eigenvalue weighted by atomic mass is 16.2. The maximum atomic E-state index is 11.6. The third kappa shape index (κ3) is 4.08. The summed E-state index contributed by atoms with van der Waals surface area (Å²) in [4.78, 5) is 13.4. The Hall–Kier alpha value is -0.770. The first-order chi connectivity index (χ1) is 6.99. The van der Waals surface area contributed by atoms with Crippen molar-refractivity contribution in [2.45, 2.75) is 45.7 Å². The smallest absolute Gasteiger partial charge is 0.317 e. The molecule has 4 nitrogen and oxygen atoms in total. The Balaban J connectivity index is 2.32. The van der Waals surface area contributed by atoms with Crippen molar-refractivity contribution in [3.8, 4) is 0 Å². The van der Waals surface area contributed by atoms with Crippen molar-refractivity contribution in [3.05, 3.63) is 0 Å². The highest BCUT2D eigenvalue weighted by molar-refractivity contribution is 5.76. The first-order valence-corrected chi connectivity index (χ1v) is 5.80. The van der Waals surface area contributed by atoms with Crippen molar-refractivity contribution in [2.24, 2.45) is 11.7 Å². The molecule has 0 bridgehead atoms. The van der Waals surface area contributed by atoms with Gasteiger partial charge in [-0.15, -0.1) is 0 Å². The van der Waals surface area contributed by atoms with E-state index < -0.39 is 0 Å². The first kappa shape index (κ1) is 12.3. The van der Waals surface area contributed by atoms with E-state index in [2.05, 4.69) is 19.2 Å². The fourth-order valence-corrected chi connectivity index (χ4v) is 1.92. The fraction of sp³-hybridized carbons (Fsp3) is 0.909. The summed E-state index contributed by atoms with van der Waals surface area (Å²) in [5.41, 5.74) is 5.67. The maximum Gasteiger partial charge on any atom is 0.317 e. The molecule has 88 valence electrons. The van der Waals surface area contributed by atoms with Crippen LogP contribution in [0.1, 0.15) is 33.6 Å². The van der Waals surface area contributed by atoms with Gasteiger partial charge in [-0.25, -0.2) is 4.79 Å². The van der Waals surface area contributed by atoms with Gasteiger partial charge < -0.3 is 16.0 Å². The van der Waals surface area contributed by atoms with Gasteiger partial charge in [0, 0.05) is 25.2 Å². The molecule has 0 aromatic carbocycles. The van der Waals surface area contributed by atoms with Gasteiger partial charge in [-0.3, -0.25) is 0 Å². The molecule has 2 amide bonds. The molecule has 1 aliphatic heterocycles. The highest BCUT2D eigenvalue weighted by Crippen LogP contribution is 2.12. The van der Waals surface area contributed by atoms with Gasteiger partial charge in [-0.1, -0.05) is 13.8 Å². The molecule has 0 aliphatic carbocycles. The molecule has 2 unspecified atom stereocenters. The first-order valence-electron chi connectivity index (χ1n) is 5.80. The predicted molar refractivity (Wildman–Crippen MR) is 61.6 cm³/mol. The lowest BCUT2D eigenvalue weighted by Gasteiger charge is -2.16. The van der Waals surface area contributed by atoms with Crippen LogP contribution < -0.4 is 11.1 Å². The van der Waals surface area contributed by atoms with Gasteiger partial charge in [0.2, 0.25) is 0 Å². The average Bonchev–Trinajstić information content (AvgIpc) is 2.41. The Morgan fingerprint density at radius 2 is 2.20 bits per heavy atom. The third-order valence-corrected chi connectivity index (χ3v) is 2.67. The molecular weight excluding hydrogens is 190 g/mol. The maximum absolute atomic E-state index is 11.6. The van der Waals surface area contributed by atoms with Gasteiger partial charge in [0.05, 0.1) is 0 Å². The van der Waals surface area contributed by atoms with E-state index in [1.165, 1.54) is 0 Å². The quantitative estimate of drug-likeness (QED) is 0.720. The largest absolute Gasteiger partial charge is 0.333 e. The molecule has 3 N–H and O–H groups in total. The zero-order valence-corrected chi connectivity index (χ0v) is 9.99. The minimum Gasteiger partial charge on any atom is -0.333 e. The second-order valence-corrected chi connectivity index (χ2v) is 4.99. The third-order valence-electron chi connectivity index (χ3n) is 2.67. The minimum atomic E-state index is 0.0706. The molecule has 2 atom stereocenters. The van der Waals surface area contributed by atoms with E-state index in [1.807, 2.05) is 11.8 Å². The van der Waals surface area contributed by atoms with Crippen LogP contribution in [-0.2, 0) is 0 Å². The fourth-order valence-electron chi connectivity index (χ4n) is 1.92. The number of carbonyl (C=O) groups is 1.